The molecule has 90 valence electrons. The zero-order chi connectivity index (χ0) is 12.0. The molecule has 0 saturated carbocycles. The van der Waals surface area contributed by atoms with Crippen LogP contribution in [0.3, 0.4) is 0 Å². The van der Waals surface area contributed by atoms with E-state index in [9.17, 15) is 0 Å². The van der Waals surface area contributed by atoms with Crippen LogP contribution in [-0.4, -0.2) is 42.1 Å². The molecule has 1 aromatic rings. The Hall–Kier alpha value is -1.36. The predicted molar refractivity (Wildman–Crippen MR) is 67.5 cm³/mol. The number of nitrogens with one attached hydrogen (secondary N) is 1. The van der Waals surface area contributed by atoms with Gasteiger partial charge < -0.3 is 16.0 Å². The fourth-order valence-electron chi connectivity index (χ4n) is 1.53. The summed E-state index contributed by atoms with van der Waals surface area (Å²) in [5.74, 6) is 1.45. The third-order valence-electron chi connectivity index (χ3n) is 2.41. The summed E-state index contributed by atoms with van der Waals surface area (Å²) in [6, 6.07) is 0. The lowest BCUT2D eigenvalue weighted by molar-refractivity contribution is 0.405. The molecule has 1 heterocycles. The van der Waals surface area contributed by atoms with Gasteiger partial charge in [0.1, 0.15) is 18.0 Å². The molecule has 3 N–H and O–H groups in total. The van der Waals surface area contributed by atoms with Crippen molar-refractivity contribution in [2.75, 3.05) is 38.2 Å². The molecule has 0 fully saturated rings. The molecule has 0 atom stereocenters. The van der Waals surface area contributed by atoms with Gasteiger partial charge in [0.2, 0.25) is 0 Å². The zero-order valence-corrected chi connectivity index (χ0v) is 10.3. The second kappa shape index (κ2) is 6.27. The van der Waals surface area contributed by atoms with E-state index < -0.39 is 0 Å². The van der Waals surface area contributed by atoms with E-state index in [1.807, 2.05) is 0 Å². The van der Waals surface area contributed by atoms with Gasteiger partial charge >= 0.3 is 0 Å². The number of aromatic nitrogens is 2. The van der Waals surface area contributed by atoms with E-state index in [1.54, 1.807) is 0 Å². The average molecular weight is 223 g/mol. The number of rotatable bonds is 6. The smallest absolute Gasteiger partial charge is 0.134 e. The van der Waals surface area contributed by atoms with Crippen LogP contribution in [-0.2, 0) is 6.42 Å². The molecule has 0 unspecified atom stereocenters. The van der Waals surface area contributed by atoms with Crippen molar-refractivity contribution in [3.8, 4) is 0 Å². The highest BCUT2D eigenvalue weighted by atomic mass is 15.1. The normalized spacial score (nSPS) is 10.8. The largest absolute Gasteiger partial charge is 0.383 e. The van der Waals surface area contributed by atoms with Crippen LogP contribution in [0.25, 0.3) is 0 Å². The first-order valence-electron chi connectivity index (χ1n) is 5.63. The Labute approximate surface area is 97.1 Å². The molecule has 0 aliphatic heterocycles. The Morgan fingerprint density at radius 3 is 2.75 bits per heavy atom. The van der Waals surface area contributed by atoms with Crippen molar-refractivity contribution in [2.24, 2.45) is 0 Å². The van der Waals surface area contributed by atoms with Gasteiger partial charge in [-0.2, -0.15) is 0 Å². The monoisotopic (exact) mass is 223 g/mol. The lowest BCUT2D eigenvalue weighted by Gasteiger charge is -2.12. The third kappa shape index (κ3) is 3.66. The number of hydrogen-bond acceptors (Lipinski definition) is 5. The molecule has 5 heteroatoms. The van der Waals surface area contributed by atoms with Crippen molar-refractivity contribution >= 4 is 11.6 Å². The highest BCUT2D eigenvalue weighted by molar-refractivity contribution is 5.54. The lowest BCUT2D eigenvalue weighted by atomic mass is 10.2. The standard InChI is InChI=1S/C11H21N5/c1-4-9-10(12)14-8-15-11(9)13-6-5-7-16(2)3/h8H,4-7H2,1-3H3,(H3,12,13,14,15). The Kier molecular flexibility index (Phi) is 4.98. The maximum Gasteiger partial charge on any atom is 0.134 e. The summed E-state index contributed by atoms with van der Waals surface area (Å²) in [5.41, 5.74) is 6.79. The maximum absolute atomic E-state index is 5.79. The van der Waals surface area contributed by atoms with Crippen LogP contribution in [0.4, 0.5) is 11.6 Å². The van der Waals surface area contributed by atoms with Gasteiger partial charge in [-0.15, -0.1) is 0 Å². The summed E-state index contributed by atoms with van der Waals surface area (Å²) in [5, 5.41) is 3.30. The van der Waals surface area contributed by atoms with E-state index in [0.29, 0.717) is 5.82 Å². The summed E-state index contributed by atoms with van der Waals surface area (Å²) in [6.45, 7) is 4.02. The molecule has 16 heavy (non-hydrogen) atoms. The summed E-state index contributed by atoms with van der Waals surface area (Å²) >= 11 is 0. The molecule has 1 aromatic heterocycles. The van der Waals surface area contributed by atoms with Crippen molar-refractivity contribution in [2.45, 2.75) is 19.8 Å². The molecule has 0 radical (unpaired) electrons. The minimum absolute atomic E-state index is 0.576. The molecule has 5 nitrogen and oxygen atoms in total. The third-order valence-corrected chi connectivity index (χ3v) is 2.41. The molecular formula is C11H21N5. The highest BCUT2D eigenvalue weighted by Crippen LogP contribution is 2.17. The molecule has 0 aliphatic carbocycles. The second-order valence-electron chi connectivity index (χ2n) is 4.02. The van der Waals surface area contributed by atoms with Crippen molar-refractivity contribution in [3.05, 3.63) is 11.9 Å². The average Bonchev–Trinajstić information content (AvgIpc) is 2.24. The van der Waals surface area contributed by atoms with E-state index in [4.69, 9.17) is 5.73 Å². The SMILES string of the molecule is CCc1c(N)ncnc1NCCCN(C)C. The molecule has 0 saturated heterocycles. The Balaban J connectivity index is 2.50. The van der Waals surface area contributed by atoms with E-state index in [1.165, 1.54) is 6.33 Å². The van der Waals surface area contributed by atoms with Crippen LogP contribution in [0.5, 0.6) is 0 Å². The van der Waals surface area contributed by atoms with Crippen LogP contribution in [0.15, 0.2) is 6.33 Å². The molecule has 0 aliphatic rings. The van der Waals surface area contributed by atoms with E-state index in [2.05, 4.69) is 41.2 Å². The minimum atomic E-state index is 0.576. The van der Waals surface area contributed by atoms with Gasteiger partial charge in [0.15, 0.2) is 0 Å². The van der Waals surface area contributed by atoms with Gasteiger partial charge in [-0.05, 0) is 33.5 Å². The number of nitrogen functional groups attached to an aromatic ring is 1. The molecule has 0 amide bonds. The fourth-order valence-corrected chi connectivity index (χ4v) is 1.53. The Morgan fingerprint density at radius 1 is 1.38 bits per heavy atom. The predicted octanol–water partition coefficient (Wildman–Crippen LogP) is 0.985. The highest BCUT2D eigenvalue weighted by Gasteiger charge is 2.05. The van der Waals surface area contributed by atoms with Crippen molar-refractivity contribution in [1.29, 1.82) is 0 Å². The van der Waals surface area contributed by atoms with Crippen LogP contribution < -0.4 is 11.1 Å². The van der Waals surface area contributed by atoms with Crippen LogP contribution in [0.1, 0.15) is 18.9 Å². The summed E-state index contributed by atoms with van der Waals surface area (Å²) in [6.07, 6.45) is 3.44. The summed E-state index contributed by atoms with van der Waals surface area (Å²) < 4.78 is 0. The number of nitrogens with zero attached hydrogens (tertiary/aromatic N) is 3. The molecular weight excluding hydrogens is 202 g/mol. The Morgan fingerprint density at radius 2 is 2.12 bits per heavy atom. The van der Waals surface area contributed by atoms with E-state index in [-0.39, 0.29) is 0 Å². The van der Waals surface area contributed by atoms with Gasteiger partial charge in [0.25, 0.3) is 0 Å². The van der Waals surface area contributed by atoms with Crippen LogP contribution >= 0.6 is 0 Å². The minimum Gasteiger partial charge on any atom is -0.383 e. The summed E-state index contributed by atoms with van der Waals surface area (Å²) in [7, 11) is 4.14. The number of anilines is 2. The van der Waals surface area contributed by atoms with Gasteiger partial charge in [-0.25, -0.2) is 9.97 Å². The zero-order valence-electron chi connectivity index (χ0n) is 10.3. The van der Waals surface area contributed by atoms with Crippen molar-refractivity contribution < 1.29 is 0 Å². The van der Waals surface area contributed by atoms with Crippen molar-refractivity contribution in [1.82, 2.24) is 14.9 Å². The molecule has 0 spiro atoms. The van der Waals surface area contributed by atoms with Gasteiger partial charge in [0, 0.05) is 12.1 Å². The van der Waals surface area contributed by atoms with Crippen LogP contribution in [0.2, 0.25) is 0 Å². The number of nitrogens with two attached hydrogens (primary N) is 1. The topological polar surface area (TPSA) is 67.1 Å². The fraction of sp³-hybridized carbons (Fsp3) is 0.636. The van der Waals surface area contributed by atoms with E-state index in [0.717, 1.165) is 37.3 Å². The first kappa shape index (κ1) is 12.7. The van der Waals surface area contributed by atoms with Gasteiger partial charge in [-0.1, -0.05) is 6.92 Å². The van der Waals surface area contributed by atoms with Gasteiger partial charge in [0.05, 0.1) is 0 Å². The van der Waals surface area contributed by atoms with Gasteiger partial charge in [-0.3, -0.25) is 0 Å². The second-order valence-corrected chi connectivity index (χ2v) is 4.02. The number of hydrogen-bond donors (Lipinski definition) is 2. The quantitative estimate of drug-likeness (QED) is 0.704. The molecule has 0 bridgehead atoms. The summed E-state index contributed by atoms with van der Waals surface area (Å²) in [4.78, 5) is 10.4. The van der Waals surface area contributed by atoms with E-state index >= 15 is 0 Å². The first-order valence-corrected chi connectivity index (χ1v) is 5.63. The van der Waals surface area contributed by atoms with Crippen LogP contribution in [0, 0.1) is 0 Å². The first-order chi connectivity index (χ1) is 7.65. The Bertz CT molecular complexity index is 324. The van der Waals surface area contributed by atoms with Crippen molar-refractivity contribution in [3.63, 3.8) is 0 Å². The molecule has 1 rings (SSSR count). The lowest BCUT2D eigenvalue weighted by Crippen LogP contribution is -2.17. The molecule has 0 aromatic carbocycles. The maximum atomic E-state index is 5.79.